The van der Waals surface area contributed by atoms with E-state index in [1.54, 1.807) is 23.9 Å². The minimum Gasteiger partial charge on any atom is -0.464 e. The first-order chi connectivity index (χ1) is 7.01. The third-order valence-electron chi connectivity index (χ3n) is 1.63. The van der Waals surface area contributed by atoms with E-state index >= 15 is 0 Å². The van der Waals surface area contributed by atoms with Crippen LogP contribution < -0.4 is 5.32 Å². The summed E-state index contributed by atoms with van der Waals surface area (Å²) in [6.07, 6.45) is -2.24. The van der Waals surface area contributed by atoms with E-state index in [0.29, 0.717) is 5.76 Å². The van der Waals surface area contributed by atoms with Crippen LogP contribution in [0.5, 0.6) is 0 Å². The van der Waals surface area contributed by atoms with Crippen LogP contribution in [0.15, 0.2) is 16.5 Å². The standard InChI is InChI=1S/C9H12F3NOS/c1-15-5-8-3-2-7(14-8)4-13-6-9(10,11)12/h2-3,13H,4-6H2,1H3. The molecule has 0 atom stereocenters. The summed E-state index contributed by atoms with van der Waals surface area (Å²) in [6.45, 7) is -0.889. The van der Waals surface area contributed by atoms with Gasteiger partial charge in [0.15, 0.2) is 0 Å². The number of alkyl halides is 3. The second kappa shape index (κ2) is 5.46. The molecule has 0 unspecified atom stereocenters. The number of rotatable bonds is 5. The summed E-state index contributed by atoms with van der Waals surface area (Å²) < 4.78 is 40.7. The molecule has 2 nitrogen and oxygen atoms in total. The maximum Gasteiger partial charge on any atom is 0.401 e. The summed E-state index contributed by atoms with van der Waals surface area (Å²) in [5, 5.41) is 2.27. The fourth-order valence-electron chi connectivity index (χ4n) is 1.06. The molecule has 0 spiro atoms. The average Bonchev–Trinajstić information content (AvgIpc) is 2.51. The van der Waals surface area contributed by atoms with Gasteiger partial charge in [-0.3, -0.25) is 0 Å². The van der Waals surface area contributed by atoms with Crippen molar-refractivity contribution < 1.29 is 17.6 Å². The van der Waals surface area contributed by atoms with Gasteiger partial charge in [0.05, 0.1) is 18.8 Å². The summed E-state index contributed by atoms with van der Waals surface area (Å²) in [5.41, 5.74) is 0. The normalized spacial score (nSPS) is 12.0. The van der Waals surface area contributed by atoms with Crippen LogP contribution in [0.2, 0.25) is 0 Å². The Balaban J connectivity index is 2.31. The summed E-state index contributed by atoms with van der Waals surface area (Å²) >= 11 is 1.60. The zero-order valence-electron chi connectivity index (χ0n) is 8.23. The summed E-state index contributed by atoms with van der Waals surface area (Å²) in [4.78, 5) is 0. The van der Waals surface area contributed by atoms with Crippen molar-refractivity contribution in [2.24, 2.45) is 0 Å². The van der Waals surface area contributed by atoms with Crippen LogP contribution in [-0.2, 0) is 12.3 Å². The largest absolute Gasteiger partial charge is 0.464 e. The molecular formula is C9H12F3NOS. The topological polar surface area (TPSA) is 25.2 Å². The maximum atomic E-state index is 11.8. The first-order valence-electron chi connectivity index (χ1n) is 4.35. The van der Waals surface area contributed by atoms with Gasteiger partial charge in [0.1, 0.15) is 11.5 Å². The molecule has 1 aromatic rings. The van der Waals surface area contributed by atoms with Crippen LogP contribution >= 0.6 is 11.8 Å². The van der Waals surface area contributed by atoms with Crippen molar-refractivity contribution in [2.75, 3.05) is 12.8 Å². The molecular weight excluding hydrogens is 227 g/mol. The Kier molecular flexibility index (Phi) is 4.53. The van der Waals surface area contributed by atoms with Gasteiger partial charge >= 0.3 is 6.18 Å². The molecule has 0 aliphatic rings. The Morgan fingerprint density at radius 1 is 1.33 bits per heavy atom. The van der Waals surface area contributed by atoms with E-state index in [0.717, 1.165) is 11.5 Å². The molecule has 0 saturated heterocycles. The van der Waals surface area contributed by atoms with Gasteiger partial charge in [0.25, 0.3) is 0 Å². The van der Waals surface area contributed by atoms with E-state index in [4.69, 9.17) is 4.42 Å². The molecule has 6 heteroatoms. The Bertz CT molecular complexity index is 298. The van der Waals surface area contributed by atoms with Gasteiger partial charge in [-0.15, -0.1) is 0 Å². The van der Waals surface area contributed by atoms with E-state index in [2.05, 4.69) is 5.32 Å². The predicted molar refractivity (Wildman–Crippen MR) is 53.7 cm³/mol. The third kappa shape index (κ3) is 5.13. The van der Waals surface area contributed by atoms with Gasteiger partial charge < -0.3 is 9.73 Å². The van der Waals surface area contributed by atoms with Crippen molar-refractivity contribution in [1.82, 2.24) is 5.32 Å². The first kappa shape index (κ1) is 12.4. The Labute approximate surface area is 90.2 Å². The third-order valence-corrected chi connectivity index (χ3v) is 2.20. The quantitative estimate of drug-likeness (QED) is 0.855. The van der Waals surface area contributed by atoms with Gasteiger partial charge in [-0.05, 0) is 18.4 Å². The van der Waals surface area contributed by atoms with Crippen molar-refractivity contribution in [3.63, 3.8) is 0 Å². The van der Waals surface area contributed by atoms with Gasteiger partial charge in [0.2, 0.25) is 0 Å². The highest BCUT2D eigenvalue weighted by Crippen LogP contribution is 2.15. The Morgan fingerprint density at radius 2 is 2.00 bits per heavy atom. The number of thioether (sulfide) groups is 1. The number of hydrogen-bond acceptors (Lipinski definition) is 3. The van der Waals surface area contributed by atoms with Crippen LogP contribution in [0, 0.1) is 0 Å². The minimum absolute atomic E-state index is 0.105. The number of halogens is 3. The van der Waals surface area contributed by atoms with E-state index in [1.807, 2.05) is 6.26 Å². The lowest BCUT2D eigenvalue weighted by molar-refractivity contribution is -0.125. The molecule has 1 heterocycles. The summed E-state index contributed by atoms with van der Waals surface area (Å²) in [7, 11) is 0. The second-order valence-corrected chi connectivity index (χ2v) is 3.89. The van der Waals surface area contributed by atoms with Crippen LogP contribution in [0.1, 0.15) is 11.5 Å². The highest BCUT2D eigenvalue weighted by molar-refractivity contribution is 7.97. The molecule has 1 aromatic heterocycles. The van der Waals surface area contributed by atoms with E-state index in [9.17, 15) is 13.2 Å². The lowest BCUT2D eigenvalue weighted by atomic mass is 10.4. The summed E-state index contributed by atoms with van der Waals surface area (Å²) in [6, 6.07) is 3.47. The SMILES string of the molecule is CSCc1ccc(CNCC(F)(F)F)o1. The molecule has 0 aliphatic heterocycles. The average molecular weight is 239 g/mol. The fourth-order valence-corrected chi connectivity index (χ4v) is 1.50. The smallest absolute Gasteiger partial charge is 0.401 e. The molecule has 0 aliphatic carbocycles. The lowest BCUT2D eigenvalue weighted by Gasteiger charge is -2.06. The van der Waals surface area contributed by atoms with Gasteiger partial charge in [0, 0.05) is 0 Å². The number of nitrogens with one attached hydrogen (secondary N) is 1. The van der Waals surface area contributed by atoms with Crippen molar-refractivity contribution in [3.05, 3.63) is 23.7 Å². The number of furan rings is 1. The molecule has 86 valence electrons. The molecule has 1 N–H and O–H groups in total. The summed E-state index contributed by atoms with van der Waals surface area (Å²) in [5.74, 6) is 2.05. The van der Waals surface area contributed by atoms with Crippen LogP contribution in [-0.4, -0.2) is 19.0 Å². The van der Waals surface area contributed by atoms with Crippen molar-refractivity contribution >= 4 is 11.8 Å². The molecule has 0 aromatic carbocycles. The molecule has 0 saturated carbocycles. The van der Waals surface area contributed by atoms with E-state index in [1.165, 1.54) is 0 Å². The highest BCUT2D eigenvalue weighted by atomic mass is 32.2. The van der Waals surface area contributed by atoms with E-state index in [-0.39, 0.29) is 6.54 Å². The number of hydrogen-bond donors (Lipinski definition) is 1. The van der Waals surface area contributed by atoms with Crippen LogP contribution in [0.25, 0.3) is 0 Å². The zero-order valence-corrected chi connectivity index (χ0v) is 9.04. The molecule has 0 radical (unpaired) electrons. The van der Waals surface area contributed by atoms with Gasteiger partial charge in [-0.25, -0.2) is 0 Å². The molecule has 15 heavy (non-hydrogen) atoms. The van der Waals surface area contributed by atoms with E-state index < -0.39 is 12.7 Å². The first-order valence-corrected chi connectivity index (χ1v) is 5.74. The van der Waals surface area contributed by atoms with Crippen LogP contribution in [0.4, 0.5) is 13.2 Å². The predicted octanol–water partition coefficient (Wildman–Crippen LogP) is 2.79. The lowest BCUT2D eigenvalue weighted by Crippen LogP contribution is -2.28. The Hall–Kier alpha value is -0.620. The van der Waals surface area contributed by atoms with Gasteiger partial charge in [-0.2, -0.15) is 24.9 Å². The molecule has 1 rings (SSSR count). The zero-order chi connectivity index (χ0) is 11.3. The fraction of sp³-hybridized carbons (Fsp3) is 0.556. The molecule has 0 amide bonds. The molecule has 0 fully saturated rings. The van der Waals surface area contributed by atoms with Gasteiger partial charge in [-0.1, -0.05) is 0 Å². The maximum absolute atomic E-state index is 11.8. The van der Waals surface area contributed by atoms with Crippen molar-refractivity contribution in [2.45, 2.75) is 18.5 Å². The van der Waals surface area contributed by atoms with Crippen LogP contribution in [0.3, 0.4) is 0 Å². The Morgan fingerprint density at radius 3 is 2.60 bits per heavy atom. The highest BCUT2D eigenvalue weighted by Gasteiger charge is 2.26. The monoisotopic (exact) mass is 239 g/mol. The van der Waals surface area contributed by atoms with Crippen molar-refractivity contribution in [1.29, 1.82) is 0 Å². The minimum atomic E-state index is -4.17. The molecule has 0 bridgehead atoms. The second-order valence-electron chi connectivity index (χ2n) is 3.02. The van der Waals surface area contributed by atoms with Crippen molar-refractivity contribution in [3.8, 4) is 0 Å².